The van der Waals surface area contributed by atoms with Crippen molar-refractivity contribution in [2.45, 2.75) is 51.7 Å². The van der Waals surface area contributed by atoms with E-state index in [1.165, 1.54) is 40.5 Å². The topological polar surface area (TPSA) is 91.4 Å². The van der Waals surface area contributed by atoms with E-state index >= 15 is 0 Å². The minimum absolute atomic E-state index is 0.0687. The largest absolute Gasteiger partial charge is 0.349 e. The van der Waals surface area contributed by atoms with Gasteiger partial charge in [0.15, 0.2) is 5.13 Å². The van der Waals surface area contributed by atoms with Crippen molar-refractivity contribution >= 4 is 34.2 Å². The van der Waals surface area contributed by atoms with Crippen LogP contribution in [0, 0.1) is 5.82 Å². The third-order valence-electron chi connectivity index (χ3n) is 5.00. The number of anilines is 1. The Morgan fingerprint density at radius 1 is 1.03 bits per heavy atom. The molecular weight excluding hydrogens is 467 g/mol. The van der Waals surface area contributed by atoms with E-state index in [1.54, 1.807) is 11.6 Å². The van der Waals surface area contributed by atoms with Crippen molar-refractivity contribution in [1.29, 1.82) is 0 Å². The van der Waals surface area contributed by atoms with Crippen LogP contribution in [-0.2, 0) is 20.9 Å². The molecule has 7 nitrogen and oxygen atoms in total. The molecule has 0 spiro atoms. The van der Waals surface area contributed by atoms with Gasteiger partial charge in [-0.05, 0) is 44.0 Å². The summed E-state index contributed by atoms with van der Waals surface area (Å²) in [4.78, 5) is 44.7. The standard InChI is InChI=1S/C26H29FN4O3S/c1-26(2,3)30-24(34)23(19-9-11-20(27)12-10-19)31(17-18-7-5-4-6-8-18)22(33)14-13-21(32)29-25-28-15-16-35-25/h4-12,15-16,23H,13-14,17H2,1-3H3,(H,30,34)(H,28,29,32). The van der Waals surface area contributed by atoms with Crippen LogP contribution in [0.3, 0.4) is 0 Å². The minimum atomic E-state index is -1.01. The second-order valence-corrected chi connectivity index (χ2v) is 9.98. The van der Waals surface area contributed by atoms with Gasteiger partial charge >= 0.3 is 0 Å². The van der Waals surface area contributed by atoms with E-state index in [4.69, 9.17) is 0 Å². The summed E-state index contributed by atoms with van der Waals surface area (Å²) in [6.45, 7) is 5.68. The predicted molar refractivity (Wildman–Crippen MR) is 134 cm³/mol. The number of nitrogens with zero attached hydrogens (tertiary/aromatic N) is 2. The van der Waals surface area contributed by atoms with Gasteiger partial charge in [0.2, 0.25) is 17.7 Å². The second-order valence-electron chi connectivity index (χ2n) is 9.09. The number of rotatable bonds is 9. The fraction of sp³-hybridized carbons (Fsp3) is 0.308. The van der Waals surface area contributed by atoms with E-state index in [0.717, 1.165) is 5.56 Å². The molecule has 0 fully saturated rings. The maximum absolute atomic E-state index is 13.7. The first kappa shape index (κ1) is 26.0. The molecule has 0 saturated heterocycles. The molecule has 184 valence electrons. The number of carbonyl (C=O) groups excluding carboxylic acids is 3. The normalized spacial score (nSPS) is 12.0. The molecule has 0 saturated carbocycles. The van der Waals surface area contributed by atoms with Crippen LogP contribution in [0.15, 0.2) is 66.2 Å². The highest BCUT2D eigenvalue weighted by molar-refractivity contribution is 7.13. The van der Waals surface area contributed by atoms with Crippen LogP contribution in [0.5, 0.6) is 0 Å². The van der Waals surface area contributed by atoms with E-state index in [2.05, 4.69) is 15.6 Å². The highest BCUT2D eigenvalue weighted by Gasteiger charge is 2.33. The summed E-state index contributed by atoms with van der Waals surface area (Å²) in [6, 6.07) is 13.8. The number of benzene rings is 2. The molecule has 0 bridgehead atoms. The fourth-order valence-corrected chi connectivity index (χ4v) is 4.04. The molecule has 2 aromatic carbocycles. The highest BCUT2D eigenvalue weighted by atomic mass is 32.1. The molecular formula is C26H29FN4O3S. The first-order chi connectivity index (χ1) is 16.6. The van der Waals surface area contributed by atoms with Gasteiger partial charge in [0, 0.05) is 36.5 Å². The molecule has 0 aliphatic carbocycles. The molecule has 0 aliphatic heterocycles. The summed E-state index contributed by atoms with van der Waals surface area (Å²) in [5.74, 6) is -1.55. The van der Waals surface area contributed by atoms with Crippen molar-refractivity contribution in [2.24, 2.45) is 0 Å². The fourth-order valence-electron chi connectivity index (χ4n) is 3.49. The molecule has 35 heavy (non-hydrogen) atoms. The van der Waals surface area contributed by atoms with Crippen LogP contribution >= 0.6 is 11.3 Å². The number of thiazole rings is 1. The van der Waals surface area contributed by atoms with Crippen molar-refractivity contribution in [1.82, 2.24) is 15.2 Å². The summed E-state index contributed by atoms with van der Waals surface area (Å²) in [6.07, 6.45) is 1.40. The van der Waals surface area contributed by atoms with E-state index in [-0.39, 0.29) is 37.1 Å². The van der Waals surface area contributed by atoms with Gasteiger partial charge < -0.3 is 15.5 Å². The summed E-state index contributed by atoms with van der Waals surface area (Å²) in [5.41, 5.74) is 0.748. The molecule has 3 rings (SSSR count). The zero-order chi connectivity index (χ0) is 25.4. The zero-order valence-electron chi connectivity index (χ0n) is 20.0. The lowest BCUT2D eigenvalue weighted by Gasteiger charge is -2.34. The molecule has 1 unspecified atom stereocenters. The summed E-state index contributed by atoms with van der Waals surface area (Å²) < 4.78 is 13.7. The summed E-state index contributed by atoms with van der Waals surface area (Å²) in [5, 5.41) is 7.79. The summed E-state index contributed by atoms with van der Waals surface area (Å²) >= 11 is 1.28. The number of hydrogen-bond donors (Lipinski definition) is 2. The maximum atomic E-state index is 13.7. The number of carbonyl (C=O) groups is 3. The second kappa shape index (κ2) is 11.7. The number of aromatic nitrogens is 1. The van der Waals surface area contributed by atoms with Gasteiger partial charge in [-0.3, -0.25) is 14.4 Å². The highest BCUT2D eigenvalue weighted by Crippen LogP contribution is 2.26. The van der Waals surface area contributed by atoms with Crippen LogP contribution in [-0.4, -0.2) is 33.1 Å². The van der Waals surface area contributed by atoms with Crippen LogP contribution in [0.2, 0.25) is 0 Å². The van der Waals surface area contributed by atoms with Crippen molar-refractivity contribution in [3.8, 4) is 0 Å². The van der Waals surface area contributed by atoms with Crippen LogP contribution in [0.25, 0.3) is 0 Å². The Balaban J connectivity index is 1.89. The number of amides is 3. The predicted octanol–water partition coefficient (Wildman–Crippen LogP) is 4.69. The van der Waals surface area contributed by atoms with Gasteiger partial charge in [-0.25, -0.2) is 9.37 Å². The average Bonchev–Trinajstić information content (AvgIpc) is 3.31. The third-order valence-corrected chi connectivity index (χ3v) is 5.69. The lowest BCUT2D eigenvalue weighted by Crippen LogP contribution is -2.49. The average molecular weight is 497 g/mol. The lowest BCUT2D eigenvalue weighted by molar-refractivity contribution is -0.142. The molecule has 2 N–H and O–H groups in total. The van der Waals surface area contributed by atoms with E-state index < -0.39 is 17.4 Å². The smallest absolute Gasteiger partial charge is 0.247 e. The quantitative estimate of drug-likeness (QED) is 0.450. The van der Waals surface area contributed by atoms with Gasteiger partial charge in [-0.1, -0.05) is 42.5 Å². The van der Waals surface area contributed by atoms with E-state index in [0.29, 0.717) is 10.7 Å². The molecule has 1 aromatic heterocycles. The molecule has 9 heteroatoms. The third kappa shape index (κ3) is 7.99. The van der Waals surface area contributed by atoms with Crippen molar-refractivity contribution < 1.29 is 18.8 Å². The van der Waals surface area contributed by atoms with Crippen molar-refractivity contribution in [3.05, 3.63) is 83.1 Å². The van der Waals surface area contributed by atoms with Gasteiger partial charge in [0.25, 0.3) is 0 Å². The summed E-state index contributed by atoms with van der Waals surface area (Å²) in [7, 11) is 0. The SMILES string of the molecule is CC(C)(C)NC(=O)C(c1ccc(F)cc1)N(Cc1ccccc1)C(=O)CCC(=O)Nc1nccs1. The monoisotopic (exact) mass is 496 g/mol. The number of halogens is 1. The Kier molecular flexibility index (Phi) is 8.70. The van der Waals surface area contributed by atoms with Gasteiger partial charge in [0.05, 0.1) is 0 Å². The van der Waals surface area contributed by atoms with E-state index in [9.17, 15) is 18.8 Å². The first-order valence-corrected chi connectivity index (χ1v) is 12.1. The van der Waals surface area contributed by atoms with Crippen LogP contribution in [0.4, 0.5) is 9.52 Å². The Morgan fingerprint density at radius 3 is 2.31 bits per heavy atom. The number of hydrogen-bond acceptors (Lipinski definition) is 5. The molecule has 0 aliphatic rings. The van der Waals surface area contributed by atoms with Gasteiger partial charge in [0.1, 0.15) is 11.9 Å². The lowest BCUT2D eigenvalue weighted by atomic mass is 10.00. The maximum Gasteiger partial charge on any atom is 0.247 e. The van der Waals surface area contributed by atoms with Gasteiger partial charge in [-0.2, -0.15) is 0 Å². The van der Waals surface area contributed by atoms with Crippen LogP contribution < -0.4 is 10.6 Å². The van der Waals surface area contributed by atoms with Crippen molar-refractivity contribution in [3.63, 3.8) is 0 Å². The Hall–Kier alpha value is -3.59. The first-order valence-electron chi connectivity index (χ1n) is 11.2. The zero-order valence-corrected chi connectivity index (χ0v) is 20.8. The molecule has 1 atom stereocenters. The molecule has 0 radical (unpaired) electrons. The minimum Gasteiger partial charge on any atom is -0.349 e. The Bertz CT molecular complexity index is 1130. The molecule has 1 heterocycles. The van der Waals surface area contributed by atoms with Gasteiger partial charge in [-0.15, -0.1) is 11.3 Å². The number of nitrogens with one attached hydrogen (secondary N) is 2. The van der Waals surface area contributed by atoms with Crippen LogP contribution in [0.1, 0.15) is 50.8 Å². The molecule has 3 aromatic rings. The Morgan fingerprint density at radius 2 is 1.71 bits per heavy atom. The van der Waals surface area contributed by atoms with E-state index in [1.807, 2.05) is 51.1 Å². The van der Waals surface area contributed by atoms with Crippen molar-refractivity contribution in [2.75, 3.05) is 5.32 Å². The molecule has 3 amide bonds. The Labute approximate surface area is 208 Å².